The maximum absolute atomic E-state index is 12.3. The van der Waals surface area contributed by atoms with Gasteiger partial charge in [0.1, 0.15) is 6.61 Å². The van der Waals surface area contributed by atoms with E-state index in [0.29, 0.717) is 12.8 Å². The largest absolute Gasteiger partial charge is 0.462 e. The van der Waals surface area contributed by atoms with Crippen molar-refractivity contribution in [1.82, 2.24) is 0 Å². The van der Waals surface area contributed by atoms with E-state index in [1.165, 1.54) is 334 Å². The molecule has 0 aromatic heterocycles. The summed E-state index contributed by atoms with van der Waals surface area (Å²) in [4.78, 5) is 24.6. The molecular formula is C71H136O5. The van der Waals surface area contributed by atoms with Gasteiger partial charge in [-0.2, -0.15) is 0 Å². The summed E-state index contributed by atoms with van der Waals surface area (Å²) in [6.45, 7) is 4.19. The van der Waals surface area contributed by atoms with Crippen molar-refractivity contribution in [3.63, 3.8) is 0 Å². The zero-order valence-corrected chi connectivity index (χ0v) is 51.8. The van der Waals surface area contributed by atoms with Crippen LogP contribution in [0.4, 0.5) is 0 Å². The van der Waals surface area contributed by atoms with E-state index in [4.69, 9.17) is 9.47 Å². The van der Waals surface area contributed by atoms with E-state index in [1.54, 1.807) is 0 Å². The smallest absolute Gasteiger partial charge is 0.306 e. The Labute approximate surface area is 476 Å². The number of carbonyl (C=O) groups is 2. The SMILES string of the molecule is CCCCCCC/C=C\C/C=C\CCCCCCCCCCCC(=O)OC(CO)COC(=O)CCCCCCCCCCCCCCCCCCCCCCCCCCCCCCCCCCCCCCCCCCC. The normalized spacial score (nSPS) is 12.2. The van der Waals surface area contributed by atoms with Gasteiger partial charge in [0, 0.05) is 12.8 Å². The number of aliphatic hydroxyl groups excluding tert-OH is 1. The van der Waals surface area contributed by atoms with Crippen molar-refractivity contribution in [2.45, 2.75) is 405 Å². The van der Waals surface area contributed by atoms with Crippen molar-refractivity contribution < 1.29 is 24.2 Å². The van der Waals surface area contributed by atoms with Crippen molar-refractivity contribution in [3.05, 3.63) is 24.3 Å². The molecule has 0 rings (SSSR count). The molecule has 0 aliphatic rings. The van der Waals surface area contributed by atoms with Gasteiger partial charge >= 0.3 is 11.9 Å². The second-order valence-electron chi connectivity index (χ2n) is 24.0. The van der Waals surface area contributed by atoms with Gasteiger partial charge in [0.15, 0.2) is 6.10 Å². The molecule has 0 saturated heterocycles. The van der Waals surface area contributed by atoms with Crippen LogP contribution in [-0.2, 0) is 19.1 Å². The molecule has 0 radical (unpaired) electrons. The molecule has 0 saturated carbocycles. The molecule has 1 N–H and O–H groups in total. The standard InChI is InChI=1S/C71H136O5/c1-3-5-7-9-11-13-15-17-19-21-23-25-26-27-28-29-30-31-32-33-34-35-36-37-38-39-40-41-42-43-44-46-47-49-51-53-55-57-59-61-63-65-70(73)75-68-69(67-72)76-71(74)66-64-62-60-58-56-54-52-50-48-45-24-22-20-18-16-14-12-10-8-6-4-2/h16,18,22,24,69,72H,3-15,17,19-21,23,25-68H2,1-2H3/b18-16-,24-22-. The summed E-state index contributed by atoms with van der Waals surface area (Å²) in [5.41, 5.74) is 0. The van der Waals surface area contributed by atoms with E-state index in [2.05, 4.69) is 38.2 Å². The Morgan fingerprint density at radius 2 is 0.526 bits per heavy atom. The van der Waals surface area contributed by atoms with Crippen molar-refractivity contribution in [3.8, 4) is 0 Å². The average Bonchev–Trinajstić information content (AvgIpc) is 3.42. The molecular weight excluding hydrogens is 933 g/mol. The summed E-state index contributed by atoms with van der Waals surface area (Å²) in [6.07, 6.45) is 88.0. The average molecular weight is 1070 g/mol. The molecule has 1 unspecified atom stereocenters. The highest BCUT2D eigenvalue weighted by atomic mass is 16.6. The third-order valence-corrected chi connectivity index (χ3v) is 16.2. The summed E-state index contributed by atoms with van der Waals surface area (Å²) in [5.74, 6) is -0.574. The summed E-state index contributed by atoms with van der Waals surface area (Å²) in [7, 11) is 0. The lowest BCUT2D eigenvalue weighted by atomic mass is 10.0. The first-order chi connectivity index (χ1) is 37.6. The second kappa shape index (κ2) is 67.7. The van der Waals surface area contributed by atoms with Gasteiger partial charge in [-0.05, 0) is 44.9 Å². The Kier molecular flexibility index (Phi) is 66.2. The Balaban J connectivity index is 3.34. The molecule has 0 bridgehead atoms. The molecule has 76 heavy (non-hydrogen) atoms. The number of carbonyl (C=O) groups excluding carboxylic acids is 2. The molecule has 0 aromatic carbocycles. The number of allylic oxidation sites excluding steroid dienone is 4. The fourth-order valence-corrected chi connectivity index (χ4v) is 11.0. The zero-order chi connectivity index (χ0) is 54.8. The Bertz CT molecular complexity index is 1160. The van der Waals surface area contributed by atoms with Crippen LogP contribution in [0.1, 0.15) is 399 Å². The minimum Gasteiger partial charge on any atom is -0.462 e. The van der Waals surface area contributed by atoms with Gasteiger partial charge in [0.05, 0.1) is 6.61 Å². The summed E-state index contributed by atoms with van der Waals surface area (Å²) < 4.78 is 10.7. The lowest BCUT2D eigenvalue weighted by Gasteiger charge is -2.15. The predicted octanol–water partition coefficient (Wildman–Crippen LogP) is 24.0. The minimum atomic E-state index is -0.772. The molecule has 0 spiro atoms. The van der Waals surface area contributed by atoms with Crippen LogP contribution in [0.15, 0.2) is 24.3 Å². The number of rotatable bonds is 66. The van der Waals surface area contributed by atoms with Gasteiger partial charge in [0.25, 0.3) is 0 Å². The Hall–Kier alpha value is -1.62. The highest BCUT2D eigenvalue weighted by Crippen LogP contribution is 2.19. The van der Waals surface area contributed by atoms with E-state index in [0.717, 1.165) is 38.5 Å². The molecule has 0 aliphatic heterocycles. The number of unbranched alkanes of at least 4 members (excludes halogenated alkanes) is 54. The van der Waals surface area contributed by atoms with Crippen LogP contribution < -0.4 is 0 Å². The maximum atomic E-state index is 12.3. The van der Waals surface area contributed by atoms with E-state index < -0.39 is 6.10 Å². The molecule has 0 fully saturated rings. The molecule has 0 amide bonds. The first-order valence-electron chi connectivity index (χ1n) is 34.9. The summed E-state index contributed by atoms with van der Waals surface area (Å²) in [5, 5.41) is 9.68. The van der Waals surface area contributed by atoms with Crippen molar-refractivity contribution >= 4 is 11.9 Å². The fourth-order valence-electron chi connectivity index (χ4n) is 11.0. The number of ether oxygens (including phenoxy) is 2. The molecule has 5 heteroatoms. The molecule has 1 atom stereocenters. The third kappa shape index (κ3) is 64.9. The molecule has 0 heterocycles. The Morgan fingerprint density at radius 1 is 0.303 bits per heavy atom. The fraction of sp³-hybridized carbons (Fsp3) is 0.915. The molecule has 5 nitrogen and oxygen atoms in total. The third-order valence-electron chi connectivity index (χ3n) is 16.2. The van der Waals surface area contributed by atoms with E-state index in [-0.39, 0.29) is 25.2 Å². The van der Waals surface area contributed by atoms with E-state index in [9.17, 15) is 14.7 Å². The van der Waals surface area contributed by atoms with Crippen LogP contribution in [0.25, 0.3) is 0 Å². The van der Waals surface area contributed by atoms with Gasteiger partial charge in [-0.1, -0.05) is 366 Å². The zero-order valence-electron chi connectivity index (χ0n) is 51.8. The highest BCUT2D eigenvalue weighted by molar-refractivity contribution is 5.70. The lowest BCUT2D eigenvalue weighted by Crippen LogP contribution is -2.28. The van der Waals surface area contributed by atoms with Crippen molar-refractivity contribution in [2.24, 2.45) is 0 Å². The topological polar surface area (TPSA) is 72.8 Å². The number of hydrogen-bond donors (Lipinski definition) is 1. The van der Waals surface area contributed by atoms with Crippen molar-refractivity contribution in [2.75, 3.05) is 13.2 Å². The van der Waals surface area contributed by atoms with Gasteiger partial charge < -0.3 is 14.6 Å². The van der Waals surface area contributed by atoms with Gasteiger partial charge in [-0.15, -0.1) is 0 Å². The van der Waals surface area contributed by atoms with Crippen LogP contribution in [0.2, 0.25) is 0 Å². The van der Waals surface area contributed by atoms with Gasteiger partial charge in [0.2, 0.25) is 0 Å². The number of aliphatic hydroxyl groups is 1. The van der Waals surface area contributed by atoms with Crippen molar-refractivity contribution in [1.29, 1.82) is 0 Å². The maximum Gasteiger partial charge on any atom is 0.306 e. The summed E-state index contributed by atoms with van der Waals surface area (Å²) in [6, 6.07) is 0. The minimum absolute atomic E-state index is 0.0617. The lowest BCUT2D eigenvalue weighted by molar-refractivity contribution is -0.161. The van der Waals surface area contributed by atoms with Crippen LogP contribution in [0.3, 0.4) is 0 Å². The monoisotopic (exact) mass is 1070 g/mol. The number of hydrogen-bond acceptors (Lipinski definition) is 5. The van der Waals surface area contributed by atoms with Crippen LogP contribution in [-0.4, -0.2) is 36.4 Å². The van der Waals surface area contributed by atoms with Crippen LogP contribution in [0.5, 0.6) is 0 Å². The Morgan fingerprint density at radius 3 is 0.776 bits per heavy atom. The first-order valence-corrected chi connectivity index (χ1v) is 34.9. The quantitative estimate of drug-likeness (QED) is 0.0373. The number of esters is 2. The summed E-state index contributed by atoms with van der Waals surface area (Å²) >= 11 is 0. The first kappa shape index (κ1) is 74.4. The molecule has 0 aliphatic carbocycles. The molecule has 0 aromatic rings. The highest BCUT2D eigenvalue weighted by Gasteiger charge is 2.16. The van der Waals surface area contributed by atoms with Gasteiger partial charge in [-0.3, -0.25) is 9.59 Å². The van der Waals surface area contributed by atoms with Crippen LogP contribution in [0, 0.1) is 0 Å². The molecule has 450 valence electrons. The van der Waals surface area contributed by atoms with E-state index >= 15 is 0 Å². The van der Waals surface area contributed by atoms with Gasteiger partial charge in [-0.25, -0.2) is 0 Å². The predicted molar refractivity (Wildman–Crippen MR) is 335 cm³/mol. The second-order valence-corrected chi connectivity index (χ2v) is 24.0. The van der Waals surface area contributed by atoms with E-state index in [1.807, 2.05) is 0 Å². The van der Waals surface area contributed by atoms with Crippen LogP contribution >= 0.6 is 0 Å².